The topological polar surface area (TPSA) is 87.0 Å². The van der Waals surface area contributed by atoms with Gasteiger partial charge in [-0.1, -0.05) is 12.1 Å². The summed E-state index contributed by atoms with van der Waals surface area (Å²) < 4.78 is 5.30. The molecule has 0 saturated heterocycles. The summed E-state index contributed by atoms with van der Waals surface area (Å²) in [6.45, 7) is 2.28. The molecule has 22 heavy (non-hydrogen) atoms. The number of carbonyl (C=O) groups is 1. The van der Waals surface area contributed by atoms with Crippen molar-refractivity contribution < 1.29 is 24.9 Å². The second-order valence-corrected chi connectivity index (χ2v) is 4.56. The van der Waals surface area contributed by atoms with E-state index in [0.29, 0.717) is 17.9 Å². The van der Waals surface area contributed by atoms with Crippen LogP contribution in [-0.2, 0) is 0 Å². The molecule has 0 heterocycles. The van der Waals surface area contributed by atoms with Crippen molar-refractivity contribution in [2.75, 3.05) is 6.61 Å². The normalized spacial score (nSPS) is 10.8. The van der Waals surface area contributed by atoms with Crippen LogP contribution in [0.3, 0.4) is 0 Å². The van der Waals surface area contributed by atoms with Crippen molar-refractivity contribution in [3.05, 3.63) is 53.6 Å². The minimum absolute atomic E-state index is 0.130. The van der Waals surface area contributed by atoms with E-state index in [2.05, 4.69) is 0 Å². The zero-order chi connectivity index (χ0) is 16.1. The predicted molar refractivity (Wildman–Crippen MR) is 82.4 cm³/mol. The molecule has 0 unspecified atom stereocenters. The molecule has 2 rings (SSSR count). The lowest BCUT2D eigenvalue weighted by atomic mass is 10.1. The van der Waals surface area contributed by atoms with Crippen LogP contribution < -0.4 is 4.74 Å². The third-order valence-corrected chi connectivity index (χ3v) is 2.97. The van der Waals surface area contributed by atoms with Gasteiger partial charge in [0.25, 0.3) is 0 Å². The molecule has 0 fully saturated rings. The van der Waals surface area contributed by atoms with Gasteiger partial charge >= 0.3 is 0 Å². The molecule has 114 valence electrons. The first kappa shape index (κ1) is 15.4. The van der Waals surface area contributed by atoms with Gasteiger partial charge in [-0.2, -0.15) is 0 Å². The molecule has 0 amide bonds. The van der Waals surface area contributed by atoms with Gasteiger partial charge in [0, 0.05) is 0 Å². The number of rotatable bonds is 5. The van der Waals surface area contributed by atoms with Gasteiger partial charge in [0.05, 0.1) is 12.2 Å². The summed E-state index contributed by atoms with van der Waals surface area (Å²) in [7, 11) is 0. The minimum atomic E-state index is -0.397. The molecule has 0 saturated carbocycles. The van der Waals surface area contributed by atoms with Gasteiger partial charge in [-0.3, -0.25) is 4.79 Å². The van der Waals surface area contributed by atoms with Crippen molar-refractivity contribution in [2.45, 2.75) is 6.92 Å². The predicted octanol–water partition coefficient (Wildman–Crippen LogP) is 3.10. The van der Waals surface area contributed by atoms with E-state index in [1.807, 2.05) is 6.92 Å². The monoisotopic (exact) mass is 300 g/mol. The van der Waals surface area contributed by atoms with Gasteiger partial charge in [0.1, 0.15) is 11.5 Å². The molecule has 0 aliphatic carbocycles. The Bertz CT molecular complexity index is 719. The van der Waals surface area contributed by atoms with Crippen LogP contribution in [0.15, 0.2) is 42.5 Å². The Morgan fingerprint density at radius 2 is 1.77 bits per heavy atom. The molecule has 0 aliphatic rings. The molecular formula is C17H16O5. The van der Waals surface area contributed by atoms with E-state index in [0.717, 1.165) is 0 Å². The number of ketones is 1. The van der Waals surface area contributed by atoms with Crippen molar-refractivity contribution in [2.24, 2.45) is 0 Å². The summed E-state index contributed by atoms with van der Waals surface area (Å²) >= 11 is 0. The lowest BCUT2D eigenvalue weighted by molar-refractivity contribution is 0.104. The number of hydrogen-bond donors (Lipinski definition) is 3. The van der Waals surface area contributed by atoms with Crippen molar-refractivity contribution >= 4 is 11.9 Å². The highest BCUT2D eigenvalue weighted by Gasteiger charge is 2.10. The molecule has 2 aromatic rings. The first-order valence-corrected chi connectivity index (χ1v) is 6.71. The molecule has 0 aromatic heterocycles. The number of benzene rings is 2. The summed E-state index contributed by atoms with van der Waals surface area (Å²) in [5, 5.41) is 28.4. The van der Waals surface area contributed by atoms with E-state index >= 15 is 0 Å². The molecule has 0 aliphatic heterocycles. The third kappa shape index (κ3) is 3.58. The number of phenols is 3. The highest BCUT2D eigenvalue weighted by atomic mass is 16.5. The maximum atomic E-state index is 12.1. The fourth-order valence-electron chi connectivity index (χ4n) is 1.87. The summed E-state index contributed by atoms with van der Waals surface area (Å²) in [6, 6.07) is 8.66. The Hall–Kier alpha value is -2.95. The van der Waals surface area contributed by atoms with Gasteiger partial charge in [-0.25, -0.2) is 0 Å². The third-order valence-electron chi connectivity index (χ3n) is 2.97. The summed E-state index contributed by atoms with van der Waals surface area (Å²) in [4.78, 5) is 12.1. The number of phenolic OH excluding ortho intramolecular Hbond substituents is 3. The Morgan fingerprint density at radius 3 is 2.45 bits per heavy atom. The van der Waals surface area contributed by atoms with Crippen molar-refractivity contribution in [1.82, 2.24) is 0 Å². The van der Waals surface area contributed by atoms with Crippen LogP contribution in [-0.4, -0.2) is 27.7 Å². The van der Waals surface area contributed by atoms with Gasteiger partial charge in [0.15, 0.2) is 17.3 Å². The van der Waals surface area contributed by atoms with Crippen LogP contribution in [0.4, 0.5) is 0 Å². The van der Waals surface area contributed by atoms with E-state index in [4.69, 9.17) is 4.74 Å². The highest BCUT2D eigenvalue weighted by Crippen LogP contribution is 2.26. The van der Waals surface area contributed by atoms with E-state index in [1.54, 1.807) is 12.1 Å². The maximum Gasteiger partial charge on any atom is 0.189 e. The first-order valence-electron chi connectivity index (χ1n) is 6.71. The molecule has 0 bridgehead atoms. The van der Waals surface area contributed by atoms with Crippen LogP contribution in [0.2, 0.25) is 0 Å². The van der Waals surface area contributed by atoms with Crippen LogP contribution in [0.5, 0.6) is 23.0 Å². The number of ether oxygens (including phenoxy) is 1. The Balaban J connectivity index is 2.22. The van der Waals surface area contributed by atoms with Crippen LogP contribution in [0.25, 0.3) is 6.08 Å². The maximum absolute atomic E-state index is 12.1. The van der Waals surface area contributed by atoms with E-state index in [9.17, 15) is 20.1 Å². The van der Waals surface area contributed by atoms with Crippen molar-refractivity contribution in [1.29, 1.82) is 0 Å². The lowest BCUT2D eigenvalue weighted by Crippen LogP contribution is -1.98. The minimum Gasteiger partial charge on any atom is -0.507 e. The Kier molecular flexibility index (Phi) is 4.68. The Labute approximate surface area is 127 Å². The van der Waals surface area contributed by atoms with Gasteiger partial charge < -0.3 is 20.1 Å². The molecule has 0 spiro atoms. The zero-order valence-corrected chi connectivity index (χ0v) is 12.0. The number of allylic oxidation sites excluding steroid dienone is 1. The summed E-state index contributed by atoms with van der Waals surface area (Å²) in [5.74, 6) is -0.529. The molecule has 2 aromatic carbocycles. The zero-order valence-electron chi connectivity index (χ0n) is 12.0. The largest absolute Gasteiger partial charge is 0.507 e. The fraction of sp³-hybridized carbons (Fsp3) is 0.118. The molecule has 3 N–H and O–H groups in total. The molecule has 0 radical (unpaired) electrons. The average molecular weight is 300 g/mol. The smallest absolute Gasteiger partial charge is 0.189 e. The van der Waals surface area contributed by atoms with Crippen LogP contribution in [0, 0.1) is 0 Å². The highest BCUT2D eigenvalue weighted by molar-refractivity contribution is 6.08. The molecule has 0 atom stereocenters. The first-order chi connectivity index (χ1) is 10.5. The number of hydrogen-bond acceptors (Lipinski definition) is 5. The number of aromatic hydroxyl groups is 3. The van der Waals surface area contributed by atoms with E-state index in [-0.39, 0.29) is 22.8 Å². The second-order valence-electron chi connectivity index (χ2n) is 4.56. The van der Waals surface area contributed by atoms with Gasteiger partial charge in [-0.05, 0) is 48.9 Å². The van der Waals surface area contributed by atoms with E-state index < -0.39 is 5.78 Å². The molecule has 5 nitrogen and oxygen atoms in total. The Morgan fingerprint density at radius 1 is 1.05 bits per heavy atom. The summed E-state index contributed by atoms with van der Waals surface area (Å²) in [6.07, 6.45) is 2.75. The van der Waals surface area contributed by atoms with E-state index in [1.165, 1.54) is 36.4 Å². The SMILES string of the molecule is CCOc1ccc(O)c(C(=O)/C=C/c2ccc(O)c(O)c2)c1. The molecule has 5 heteroatoms. The average Bonchev–Trinajstić information content (AvgIpc) is 2.50. The quantitative estimate of drug-likeness (QED) is 0.449. The van der Waals surface area contributed by atoms with Crippen LogP contribution in [0.1, 0.15) is 22.8 Å². The lowest BCUT2D eigenvalue weighted by Gasteiger charge is -2.06. The summed E-state index contributed by atoms with van der Waals surface area (Å²) in [5.41, 5.74) is 0.675. The van der Waals surface area contributed by atoms with Gasteiger partial charge in [-0.15, -0.1) is 0 Å². The van der Waals surface area contributed by atoms with Crippen LogP contribution >= 0.6 is 0 Å². The van der Waals surface area contributed by atoms with Crippen molar-refractivity contribution in [3.63, 3.8) is 0 Å². The molecular weight excluding hydrogens is 284 g/mol. The van der Waals surface area contributed by atoms with Gasteiger partial charge in [0.2, 0.25) is 0 Å². The standard InChI is InChI=1S/C17H16O5/c1-2-22-12-5-8-15(19)13(10-12)14(18)6-3-11-4-7-16(20)17(21)9-11/h3-10,19-21H,2H2,1H3/b6-3+. The second kappa shape index (κ2) is 6.67. The van der Waals surface area contributed by atoms with Crippen molar-refractivity contribution in [3.8, 4) is 23.0 Å². The number of carbonyl (C=O) groups excluding carboxylic acids is 1. The fourth-order valence-corrected chi connectivity index (χ4v) is 1.87.